The molecular formula is C63H70N5O17P. The number of hydrogen-bond acceptors (Lipinski definition) is 17. The Morgan fingerprint density at radius 2 is 0.953 bits per heavy atom. The highest BCUT2D eigenvalue weighted by atomic mass is 31.2. The summed E-state index contributed by atoms with van der Waals surface area (Å²) in [5, 5.41) is 22.0. The number of nitro benzene ring substituents is 1. The number of alkyl carbamates (subject to hydrolysis) is 1. The summed E-state index contributed by atoms with van der Waals surface area (Å²) in [6, 6.07) is 42.2. The van der Waals surface area contributed by atoms with Gasteiger partial charge >= 0.3 is 37.7 Å². The number of nitrogens with one attached hydrogen (secondary N) is 4. The van der Waals surface area contributed by atoms with Gasteiger partial charge in [-0.1, -0.05) is 133 Å². The first-order chi connectivity index (χ1) is 41.3. The molecule has 0 radical (unpaired) electrons. The zero-order valence-corrected chi connectivity index (χ0v) is 48.8. The summed E-state index contributed by atoms with van der Waals surface area (Å²) in [6.45, 7) is 3.80. The normalized spacial score (nSPS) is 12.8. The SMILES string of the molecule is CC(C)(C)OC(=O)NCCc1ccc(C(=O)NC(CCC(=O)NC(CCOP(=O)(NC(CCC(=O)OCc2ccccc2)C(=O)OCc2ccccc2)OCc2ccc([N+](=O)[O-])cc2)C(=O)OCc2ccccc2)C(=O)OCc2ccccc2)cc1. The molecule has 0 saturated heterocycles. The van der Waals surface area contributed by atoms with Crippen LogP contribution in [0.4, 0.5) is 10.5 Å². The Morgan fingerprint density at radius 3 is 1.44 bits per heavy atom. The van der Waals surface area contributed by atoms with Gasteiger partial charge < -0.3 is 39.6 Å². The number of carbonyl (C=O) groups is 7. The summed E-state index contributed by atoms with van der Waals surface area (Å²) in [7, 11) is -4.76. The lowest BCUT2D eigenvalue weighted by Gasteiger charge is -2.25. The van der Waals surface area contributed by atoms with Gasteiger partial charge in [0.1, 0.15) is 50.2 Å². The Labute approximate surface area is 498 Å². The molecule has 0 saturated carbocycles. The predicted molar refractivity (Wildman–Crippen MR) is 314 cm³/mol. The second-order valence-electron chi connectivity index (χ2n) is 20.5. The molecule has 0 fully saturated rings. The van der Waals surface area contributed by atoms with Crippen molar-refractivity contribution in [3.05, 3.63) is 219 Å². The van der Waals surface area contributed by atoms with Crippen LogP contribution in [0.5, 0.6) is 0 Å². The van der Waals surface area contributed by atoms with Crippen LogP contribution in [-0.2, 0) is 101 Å². The van der Waals surface area contributed by atoms with Gasteiger partial charge in [0.15, 0.2) is 0 Å². The van der Waals surface area contributed by atoms with Crippen LogP contribution < -0.4 is 21.0 Å². The minimum Gasteiger partial charge on any atom is -0.461 e. The number of non-ortho nitro benzene ring substituents is 1. The largest absolute Gasteiger partial charge is 0.461 e. The molecule has 0 heterocycles. The number of amides is 3. The van der Waals surface area contributed by atoms with Crippen LogP contribution >= 0.6 is 7.75 Å². The van der Waals surface area contributed by atoms with Gasteiger partial charge in [0.05, 0.1) is 18.1 Å². The highest BCUT2D eigenvalue weighted by Gasteiger charge is 2.35. The molecule has 86 heavy (non-hydrogen) atoms. The number of esters is 4. The van der Waals surface area contributed by atoms with Crippen LogP contribution in [0.1, 0.15) is 96.6 Å². The van der Waals surface area contributed by atoms with Gasteiger partial charge in [-0.15, -0.1) is 0 Å². The standard InChI is InChI=1S/C63H70N5O17P/c1-63(2,3)85-62(75)64-38-36-45-24-28-51(29-25-45)58(71)66-53(59(72)80-41-47-18-10-5-11-19-47)32-34-56(69)65-54(60(73)81-42-48-20-12-6-13-21-48)37-39-83-86(78,84-44-50-26-30-52(31-27-50)68(76)77)67-55(61(74)82-43-49-22-14-7-15-23-49)33-35-57(70)79-40-46-16-8-4-9-17-46/h4-31,53-55H,32-44H2,1-3H3,(H,64,75)(H,65,69)(H,66,71)(H,67,78). The summed E-state index contributed by atoms with van der Waals surface area (Å²) in [5.74, 6) is -4.86. The predicted octanol–water partition coefficient (Wildman–Crippen LogP) is 9.47. The van der Waals surface area contributed by atoms with E-state index in [1.807, 2.05) is 0 Å². The second-order valence-corrected chi connectivity index (χ2v) is 22.3. The lowest BCUT2D eigenvalue weighted by Crippen LogP contribution is -2.45. The van der Waals surface area contributed by atoms with E-state index in [1.54, 1.807) is 166 Å². The van der Waals surface area contributed by atoms with Gasteiger partial charge in [0, 0.05) is 43.5 Å². The van der Waals surface area contributed by atoms with Gasteiger partial charge in [-0.25, -0.2) is 24.0 Å². The van der Waals surface area contributed by atoms with E-state index in [0.717, 1.165) is 5.56 Å². The number of ether oxygens (including phenoxy) is 5. The third-order valence-corrected chi connectivity index (χ3v) is 14.2. The average Bonchev–Trinajstić information content (AvgIpc) is 3.69. The summed E-state index contributed by atoms with van der Waals surface area (Å²) in [4.78, 5) is 105. The Morgan fingerprint density at radius 1 is 0.512 bits per heavy atom. The van der Waals surface area contributed by atoms with Crippen LogP contribution in [0.2, 0.25) is 0 Å². The summed E-state index contributed by atoms with van der Waals surface area (Å²) in [5.41, 5.74) is 2.99. The highest BCUT2D eigenvalue weighted by molar-refractivity contribution is 7.51. The molecule has 4 atom stereocenters. The van der Waals surface area contributed by atoms with Crippen molar-refractivity contribution in [2.75, 3.05) is 13.2 Å². The maximum absolute atomic E-state index is 15.0. The van der Waals surface area contributed by atoms with Gasteiger partial charge in [0.25, 0.3) is 11.6 Å². The lowest BCUT2D eigenvalue weighted by atomic mass is 10.1. The van der Waals surface area contributed by atoms with E-state index >= 15 is 0 Å². The fourth-order valence-electron chi connectivity index (χ4n) is 7.99. The Bertz CT molecular complexity index is 3210. The van der Waals surface area contributed by atoms with E-state index in [0.29, 0.717) is 34.2 Å². The molecule has 3 amide bonds. The molecule has 22 nitrogen and oxygen atoms in total. The number of hydrogen-bond donors (Lipinski definition) is 4. The molecule has 6 rings (SSSR count). The molecule has 4 unspecified atom stereocenters. The van der Waals surface area contributed by atoms with Crippen molar-refractivity contribution in [3.63, 3.8) is 0 Å². The molecular weight excluding hydrogens is 1130 g/mol. The summed E-state index contributed by atoms with van der Waals surface area (Å²) < 4.78 is 54.4. The van der Waals surface area contributed by atoms with Crippen LogP contribution in [0.15, 0.2) is 170 Å². The zero-order chi connectivity index (χ0) is 61.7. The number of rotatable bonds is 33. The minimum atomic E-state index is -4.76. The maximum Gasteiger partial charge on any atom is 0.407 e. The molecule has 23 heteroatoms. The van der Waals surface area contributed by atoms with Crippen molar-refractivity contribution in [1.82, 2.24) is 21.0 Å². The number of nitrogens with zero attached hydrogens (tertiary/aromatic N) is 1. The van der Waals surface area contributed by atoms with Crippen molar-refractivity contribution in [2.45, 2.75) is 116 Å². The second kappa shape index (κ2) is 34.0. The van der Waals surface area contributed by atoms with Crippen LogP contribution in [0, 0.1) is 10.1 Å². The van der Waals surface area contributed by atoms with E-state index in [9.17, 15) is 48.2 Å². The third kappa shape index (κ3) is 24.3. The Hall–Kier alpha value is -9.08. The van der Waals surface area contributed by atoms with Gasteiger partial charge in [-0.3, -0.25) is 38.3 Å². The summed E-state index contributed by atoms with van der Waals surface area (Å²) in [6.07, 6.45) is -2.02. The molecule has 0 aliphatic rings. The van der Waals surface area contributed by atoms with E-state index in [4.69, 9.17) is 32.7 Å². The fraction of sp³-hybridized carbons (Fsp3) is 0.317. The Balaban J connectivity index is 1.18. The maximum atomic E-state index is 15.0. The smallest absolute Gasteiger partial charge is 0.407 e. The summed E-state index contributed by atoms with van der Waals surface area (Å²) >= 11 is 0. The molecule has 6 aromatic carbocycles. The molecule has 6 aromatic rings. The van der Waals surface area contributed by atoms with Crippen molar-refractivity contribution in [3.8, 4) is 0 Å². The van der Waals surface area contributed by atoms with E-state index in [1.165, 1.54) is 24.3 Å². The third-order valence-electron chi connectivity index (χ3n) is 12.5. The molecule has 0 aromatic heterocycles. The van der Waals surface area contributed by atoms with Crippen LogP contribution in [0.25, 0.3) is 0 Å². The van der Waals surface area contributed by atoms with Crippen LogP contribution in [0.3, 0.4) is 0 Å². The Kier molecular flexibility index (Phi) is 26.1. The monoisotopic (exact) mass is 1200 g/mol. The molecule has 0 aliphatic carbocycles. The van der Waals surface area contributed by atoms with Crippen molar-refractivity contribution in [1.29, 1.82) is 0 Å². The minimum absolute atomic E-state index is 0.0593. The van der Waals surface area contributed by atoms with E-state index in [2.05, 4.69) is 21.0 Å². The average molecular weight is 1200 g/mol. The number of benzene rings is 6. The topological polar surface area (TPSA) is 292 Å². The highest BCUT2D eigenvalue weighted by Crippen LogP contribution is 2.46. The number of nitro groups is 1. The molecule has 0 spiro atoms. The van der Waals surface area contributed by atoms with Gasteiger partial charge in [0.2, 0.25) is 5.91 Å². The molecule has 0 bridgehead atoms. The molecule has 454 valence electrons. The number of carbonyl (C=O) groups excluding carboxylic acids is 7. The molecule has 0 aliphatic heterocycles. The van der Waals surface area contributed by atoms with Crippen molar-refractivity contribution < 1.29 is 75.8 Å². The van der Waals surface area contributed by atoms with E-state index in [-0.39, 0.29) is 63.5 Å². The zero-order valence-electron chi connectivity index (χ0n) is 47.9. The first-order valence-corrected chi connectivity index (χ1v) is 29.2. The van der Waals surface area contributed by atoms with Crippen molar-refractivity contribution >= 4 is 55.2 Å². The van der Waals surface area contributed by atoms with Crippen LogP contribution in [-0.4, -0.2) is 83.6 Å². The van der Waals surface area contributed by atoms with E-state index < -0.39 is 104 Å². The quantitative estimate of drug-likeness (QED) is 0.00980. The fourth-order valence-corrected chi connectivity index (χ4v) is 9.49. The lowest BCUT2D eigenvalue weighted by molar-refractivity contribution is -0.384. The van der Waals surface area contributed by atoms with Crippen molar-refractivity contribution in [2.24, 2.45) is 0 Å². The molecule has 4 N–H and O–H groups in total. The first-order valence-electron chi connectivity index (χ1n) is 27.7. The van der Waals surface area contributed by atoms with Gasteiger partial charge in [-0.05, 0) is 97.7 Å². The first kappa shape index (κ1) is 66.1. The van der Waals surface area contributed by atoms with Gasteiger partial charge in [-0.2, -0.15) is 0 Å².